The van der Waals surface area contributed by atoms with Gasteiger partial charge < -0.3 is 14.6 Å². The van der Waals surface area contributed by atoms with Crippen LogP contribution >= 0.6 is 11.3 Å². The van der Waals surface area contributed by atoms with Gasteiger partial charge in [-0.1, -0.05) is 56.4 Å². The first-order chi connectivity index (χ1) is 18.1. The molecular weight excluding hydrogens is 500 g/mol. The lowest BCUT2D eigenvalue weighted by atomic mass is 9.85. The second kappa shape index (κ2) is 9.61. The van der Waals surface area contributed by atoms with Crippen molar-refractivity contribution in [2.24, 2.45) is 0 Å². The summed E-state index contributed by atoms with van der Waals surface area (Å²) in [6.45, 7) is 6.35. The van der Waals surface area contributed by atoms with E-state index in [9.17, 15) is 14.7 Å². The molecule has 0 spiro atoms. The molecule has 7 nitrogen and oxygen atoms in total. The van der Waals surface area contributed by atoms with Crippen molar-refractivity contribution in [3.8, 4) is 11.5 Å². The van der Waals surface area contributed by atoms with Gasteiger partial charge in [0.2, 0.25) is 0 Å². The largest absolute Gasteiger partial charge is 0.507 e. The Bertz CT molecular complexity index is 1560. The number of thiazole rings is 1. The van der Waals surface area contributed by atoms with Gasteiger partial charge in [0.25, 0.3) is 5.78 Å². The normalized spacial score (nSPS) is 17.3. The topological polar surface area (TPSA) is 89.0 Å². The highest BCUT2D eigenvalue weighted by Gasteiger charge is 2.48. The summed E-state index contributed by atoms with van der Waals surface area (Å²) in [5.41, 5.74) is 2.85. The molecule has 0 unspecified atom stereocenters. The van der Waals surface area contributed by atoms with Crippen molar-refractivity contribution in [1.82, 2.24) is 4.98 Å². The molecule has 0 radical (unpaired) electrons. The molecule has 1 aliphatic heterocycles. The van der Waals surface area contributed by atoms with Gasteiger partial charge >= 0.3 is 5.91 Å². The van der Waals surface area contributed by atoms with Gasteiger partial charge in [-0.05, 0) is 59.0 Å². The molecule has 1 aromatic heterocycles. The molecule has 3 aromatic carbocycles. The molecule has 0 saturated carbocycles. The standard InChI is InChI=1S/C30H28N2O5S/c1-30(2,3)19-10-6-17(7-11-19)25-24(26(33)18-8-12-20(36-4)13-9-18)27(34)28(35)32(25)29-31-22-15-14-21(37-5)16-23(22)38-29/h6-16,25,33H,1-5H3/b26-24+/t25-/m0/s1. The van der Waals surface area contributed by atoms with Gasteiger partial charge in [0.1, 0.15) is 17.3 Å². The van der Waals surface area contributed by atoms with E-state index in [2.05, 4.69) is 25.8 Å². The molecule has 1 fully saturated rings. The van der Waals surface area contributed by atoms with Crippen molar-refractivity contribution in [1.29, 1.82) is 0 Å². The van der Waals surface area contributed by atoms with Crippen LogP contribution in [0.5, 0.6) is 11.5 Å². The molecule has 1 atom stereocenters. The maximum Gasteiger partial charge on any atom is 0.301 e. The average molecular weight is 529 g/mol. The van der Waals surface area contributed by atoms with E-state index < -0.39 is 17.7 Å². The van der Waals surface area contributed by atoms with Gasteiger partial charge in [-0.15, -0.1) is 0 Å². The number of Topliss-reactive ketones (excluding diaryl/α,β-unsaturated/α-hetero) is 1. The smallest absolute Gasteiger partial charge is 0.301 e. The first-order valence-corrected chi connectivity index (χ1v) is 12.9. The minimum absolute atomic E-state index is 0.0144. The van der Waals surface area contributed by atoms with Crippen molar-refractivity contribution >= 4 is 44.1 Å². The zero-order valence-electron chi connectivity index (χ0n) is 21.8. The summed E-state index contributed by atoms with van der Waals surface area (Å²) >= 11 is 1.29. The number of hydrogen-bond acceptors (Lipinski definition) is 7. The average Bonchev–Trinajstić information content (AvgIpc) is 3.45. The fourth-order valence-electron chi connectivity index (χ4n) is 4.54. The number of amides is 1. The number of anilines is 1. The maximum absolute atomic E-state index is 13.5. The lowest BCUT2D eigenvalue weighted by molar-refractivity contribution is -0.132. The highest BCUT2D eigenvalue weighted by molar-refractivity contribution is 7.22. The summed E-state index contributed by atoms with van der Waals surface area (Å²) in [5, 5.41) is 11.7. The minimum atomic E-state index is -0.853. The highest BCUT2D eigenvalue weighted by Crippen LogP contribution is 2.45. The molecule has 0 bridgehead atoms. The predicted molar refractivity (Wildman–Crippen MR) is 149 cm³/mol. The molecule has 2 heterocycles. The van der Waals surface area contributed by atoms with Crippen LogP contribution in [0, 0.1) is 0 Å². The fourth-order valence-corrected chi connectivity index (χ4v) is 5.56. The van der Waals surface area contributed by atoms with E-state index in [0.29, 0.717) is 33.3 Å². The van der Waals surface area contributed by atoms with Gasteiger partial charge in [-0.3, -0.25) is 14.5 Å². The third kappa shape index (κ3) is 4.41. The number of carbonyl (C=O) groups is 2. The number of rotatable bonds is 5. The van der Waals surface area contributed by atoms with Gasteiger partial charge in [-0.2, -0.15) is 0 Å². The SMILES string of the molecule is COc1ccc(/C(O)=C2\C(=O)C(=O)N(c3nc4ccc(OC)cc4s3)[C@H]2c2ccc(C(C)(C)C)cc2)cc1. The molecule has 1 N–H and O–H groups in total. The monoisotopic (exact) mass is 528 g/mol. The van der Waals surface area contributed by atoms with E-state index in [0.717, 1.165) is 10.3 Å². The number of hydrogen-bond donors (Lipinski definition) is 1. The van der Waals surface area contributed by atoms with Crippen molar-refractivity contribution in [2.75, 3.05) is 19.1 Å². The predicted octanol–water partition coefficient (Wildman–Crippen LogP) is 6.24. The van der Waals surface area contributed by atoms with Crippen LogP contribution in [-0.2, 0) is 15.0 Å². The quantitative estimate of drug-likeness (QED) is 0.187. The number of ether oxygens (including phenoxy) is 2. The minimum Gasteiger partial charge on any atom is -0.507 e. The van der Waals surface area contributed by atoms with Crippen LogP contribution in [0.1, 0.15) is 43.5 Å². The molecule has 1 aliphatic rings. The Balaban J connectivity index is 1.69. The number of benzene rings is 3. The second-order valence-corrected chi connectivity index (χ2v) is 11.1. The van der Waals surface area contributed by atoms with E-state index in [1.165, 1.54) is 16.2 Å². The lowest BCUT2D eigenvalue weighted by Gasteiger charge is -2.24. The Labute approximate surface area is 225 Å². The summed E-state index contributed by atoms with van der Waals surface area (Å²) in [4.78, 5) is 33.1. The first kappa shape index (κ1) is 25.5. The summed E-state index contributed by atoms with van der Waals surface area (Å²) in [5.74, 6) is -0.470. The molecule has 194 valence electrons. The van der Waals surface area contributed by atoms with E-state index in [1.54, 1.807) is 44.6 Å². The molecule has 5 rings (SSSR count). The van der Waals surface area contributed by atoms with Crippen molar-refractivity contribution in [3.05, 3.63) is 89.0 Å². The summed E-state index contributed by atoms with van der Waals surface area (Å²) in [6, 6.07) is 19.1. The number of carbonyl (C=O) groups excluding carboxylic acids is 2. The summed E-state index contributed by atoms with van der Waals surface area (Å²) in [7, 11) is 3.14. The molecule has 1 amide bonds. The van der Waals surface area contributed by atoms with Gasteiger partial charge in [0, 0.05) is 5.56 Å². The van der Waals surface area contributed by atoms with E-state index >= 15 is 0 Å². The molecule has 1 saturated heterocycles. The van der Waals surface area contributed by atoms with E-state index in [1.807, 2.05) is 36.4 Å². The first-order valence-electron chi connectivity index (χ1n) is 12.1. The molecule has 38 heavy (non-hydrogen) atoms. The zero-order valence-corrected chi connectivity index (χ0v) is 22.6. The number of ketones is 1. The summed E-state index contributed by atoms with van der Waals surface area (Å²) < 4.78 is 11.4. The molecule has 8 heteroatoms. The third-order valence-electron chi connectivity index (χ3n) is 6.69. The lowest BCUT2D eigenvalue weighted by Crippen LogP contribution is -2.29. The number of nitrogens with zero attached hydrogens (tertiary/aromatic N) is 2. The fraction of sp³-hybridized carbons (Fsp3) is 0.233. The number of aliphatic hydroxyl groups is 1. The Morgan fingerprint density at radius 1 is 0.921 bits per heavy atom. The molecule has 4 aromatic rings. The Morgan fingerprint density at radius 2 is 1.55 bits per heavy atom. The van der Waals surface area contributed by atoms with Crippen molar-refractivity contribution in [3.63, 3.8) is 0 Å². The second-order valence-electron chi connectivity index (χ2n) is 10.1. The zero-order chi connectivity index (χ0) is 27.2. The Hall–Kier alpha value is -4.17. The number of fused-ring (bicyclic) bond motifs is 1. The highest BCUT2D eigenvalue weighted by atomic mass is 32.1. The van der Waals surface area contributed by atoms with Crippen molar-refractivity contribution < 1.29 is 24.2 Å². The van der Waals surface area contributed by atoms with E-state index in [4.69, 9.17) is 9.47 Å². The van der Waals surface area contributed by atoms with Gasteiger partial charge in [0.15, 0.2) is 5.13 Å². The van der Waals surface area contributed by atoms with Gasteiger partial charge in [0.05, 0.1) is 36.1 Å². The number of methoxy groups -OCH3 is 2. The van der Waals surface area contributed by atoms with Crippen LogP contribution in [-0.4, -0.2) is 36.0 Å². The Kier molecular flexibility index (Phi) is 6.44. The summed E-state index contributed by atoms with van der Waals surface area (Å²) in [6.07, 6.45) is 0. The third-order valence-corrected chi connectivity index (χ3v) is 7.71. The van der Waals surface area contributed by atoms with E-state index in [-0.39, 0.29) is 16.7 Å². The van der Waals surface area contributed by atoms with Crippen LogP contribution in [0.4, 0.5) is 5.13 Å². The molecule has 0 aliphatic carbocycles. The van der Waals surface area contributed by atoms with Crippen LogP contribution < -0.4 is 14.4 Å². The van der Waals surface area contributed by atoms with Crippen LogP contribution in [0.15, 0.2) is 72.3 Å². The van der Waals surface area contributed by atoms with Gasteiger partial charge in [-0.25, -0.2) is 4.98 Å². The van der Waals surface area contributed by atoms with Crippen LogP contribution in [0.2, 0.25) is 0 Å². The maximum atomic E-state index is 13.5. The number of aromatic nitrogens is 1. The van der Waals surface area contributed by atoms with Crippen LogP contribution in [0.25, 0.3) is 16.0 Å². The van der Waals surface area contributed by atoms with Crippen LogP contribution in [0.3, 0.4) is 0 Å². The Morgan fingerprint density at radius 3 is 2.16 bits per heavy atom. The molecular formula is C30H28N2O5S. The van der Waals surface area contributed by atoms with Crippen molar-refractivity contribution in [2.45, 2.75) is 32.2 Å². The number of aliphatic hydroxyl groups excluding tert-OH is 1.